The molecule has 0 amide bonds. The fourth-order valence-electron chi connectivity index (χ4n) is 1.97. The molecular weight excluding hydrogens is 256 g/mol. The highest BCUT2D eigenvalue weighted by Gasteiger charge is 2.08. The van der Waals surface area contributed by atoms with Crippen LogP contribution in [0.25, 0.3) is 0 Å². The first-order valence-electron chi connectivity index (χ1n) is 6.54. The number of carbonyl (C=O) groups is 1. The molecule has 0 unspecified atom stereocenters. The number of hydrogen-bond acceptors (Lipinski definition) is 4. The molecule has 6 heteroatoms. The van der Waals surface area contributed by atoms with Crippen LogP contribution in [0.5, 0.6) is 0 Å². The van der Waals surface area contributed by atoms with E-state index in [2.05, 4.69) is 35.5 Å². The van der Waals surface area contributed by atoms with Crippen molar-refractivity contribution in [2.24, 2.45) is 0 Å². The summed E-state index contributed by atoms with van der Waals surface area (Å²) in [5.41, 5.74) is 2.32. The Morgan fingerprint density at radius 1 is 1.40 bits per heavy atom. The van der Waals surface area contributed by atoms with Gasteiger partial charge in [0, 0.05) is 12.2 Å². The van der Waals surface area contributed by atoms with Crippen LogP contribution < -0.4 is 5.32 Å². The van der Waals surface area contributed by atoms with Crippen LogP contribution in [0.4, 0.5) is 5.69 Å². The summed E-state index contributed by atoms with van der Waals surface area (Å²) in [6.45, 7) is 5.52. The second-order valence-corrected chi connectivity index (χ2v) is 4.84. The molecule has 0 radical (unpaired) electrons. The SMILES string of the molecule is CC(C)c1ccccc1NCCn1cc(C(=O)O)nn1. The average molecular weight is 274 g/mol. The summed E-state index contributed by atoms with van der Waals surface area (Å²) in [7, 11) is 0. The Morgan fingerprint density at radius 3 is 2.80 bits per heavy atom. The highest BCUT2D eigenvalue weighted by Crippen LogP contribution is 2.23. The van der Waals surface area contributed by atoms with Gasteiger partial charge in [-0.3, -0.25) is 0 Å². The zero-order chi connectivity index (χ0) is 14.5. The van der Waals surface area contributed by atoms with Gasteiger partial charge in [-0.25, -0.2) is 9.48 Å². The van der Waals surface area contributed by atoms with Gasteiger partial charge in [0.15, 0.2) is 5.69 Å². The Hall–Kier alpha value is -2.37. The third-order valence-electron chi connectivity index (χ3n) is 3.00. The van der Waals surface area contributed by atoms with Gasteiger partial charge < -0.3 is 10.4 Å². The van der Waals surface area contributed by atoms with Crippen molar-refractivity contribution < 1.29 is 9.90 Å². The molecule has 1 aromatic heterocycles. The monoisotopic (exact) mass is 274 g/mol. The molecule has 0 bridgehead atoms. The molecule has 2 N–H and O–H groups in total. The summed E-state index contributed by atoms with van der Waals surface area (Å²) >= 11 is 0. The van der Waals surface area contributed by atoms with E-state index in [1.807, 2.05) is 18.2 Å². The first-order chi connectivity index (χ1) is 9.58. The van der Waals surface area contributed by atoms with Crippen molar-refractivity contribution in [2.45, 2.75) is 26.3 Å². The van der Waals surface area contributed by atoms with Crippen molar-refractivity contribution in [2.75, 3.05) is 11.9 Å². The van der Waals surface area contributed by atoms with Gasteiger partial charge in [0.05, 0.1) is 12.7 Å². The lowest BCUT2D eigenvalue weighted by Gasteiger charge is -2.14. The number of carboxylic acids is 1. The van der Waals surface area contributed by atoms with E-state index in [1.165, 1.54) is 16.4 Å². The minimum atomic E-state index is -1.06. The van der Waals surface area contributed by atoms with Gasteiger partial charge in [0.1, 0.15) is 0 Å². The summed E-state index contributed by atoms with van der Waals surface area (Å²) in [6.07, 6.45) is 1.43. The van der Waals surface area contributed by atoms with Crippen molar-refractivity contribution in [3.63, 3.8) is 0 Å². The minimum Gasteiger partial charge on any atom is -0.476 e. The van der Waals surface area contributed by atoms with Gasteiger partial charge in [-0.2, -0.15) is 0 Å². The quantitative estimate of drug-likeness (QED) is 0.844. The Kier molecular flexibility index (Phi) is 4.34. The molecule has 106 valence electrons. The molecule has 0 aliphatic carbocycles. The zero-order valence-corrected chi connectivity index (χ0v) is 11.6. The van der Waals surface area contributed by atoms with Crippen molar-refractivity contribution in [1.29, 1.82) is 0 Å². The maximum Gasteiger partial charge on any atom is 0.358 e. The van der Waals surface area contributed by atoms with E-state index in [4.69, 9.17) is 5.11 Å². The molecule has 20 heavy (non-hydrogen) atoms. The molecule has 6 nitrogen and oxygen atoms in total. The predicted molar refractivity (Wildman–Crippen MR) is 76.0 cm³/mol. The second-order valence-electron chi connectivity index (χ2n) is 4.84. The average Bonchev–Trinajstić information content (AvgIpc) is 2.88. The van der Waals surface area contributed by atoms with Crippen LogP contribution in [0, 0.1) is 0 Å². The van der Waals surface area contributed by atoms with Crippen LogP contribution in [-0.4, -0.2) is 32.6 Å². The molecule has 2 aromatic rings. The second kappa shape index (κ2) is 6.18. The number of hydrogen-bond donors (Lipinski definition) is 2. The third-order valence-corrected chi connectivity index (χ3v) is 3.00. The molecule has 0 spiro atoms. The largest absolute Gasteiger partial charge is 0.476 e. The third kappa shape index (κ3) is 3.34. The van der Waals surface area contributed by atoms with E-state index in [-0.39, 0.29) is 5.69 Å². The molecule has 0 saturated heterocycles. The molecule has 0 fully saturated rings. The van der Waals surface area contributed by atoms with Gasteiger partial charge in [-0.05, 0) is 17.5 Å². The first kappa shape index (κ1) is 14.0. The number of para-hydroxylation sites is 1. The lowest BCUT2D eigenvalue weighted by molar-refractivity contribution is 0.0690. The molecule has 0 aliphatic rings. The number of aromatic nitrogens is 3. The van der Waals surface area contributed by atoms with E-state index in [0.717, 1.165) is 5.69 Å². The zero-order valence-electron chi connectivity index (χ0n) is 11.6. The molecule has 0 atom stereocenters. The van der Waals surface area contributed by atoms with E-state index in [1.54, 1.807) is 0 Å². The van der Waals surface area contributed by atoms with Crippen molar-refractivity contribution in [3.05, 3.63) is 41.7 Å². The molecule has 1 aromatic carbocycles. The van der Waals surface area contributed by atoms with Crippen LogP contribution in [0.2, 0.25) is 0 Å². The fourth-order valence-corrected chi connectivity index (χ4v) is 1.97. The smallest absolute Gasteiger partial charge is 0.358 e. The highest BCUT2D eigenvalue weighted by atomic mass is 16.4. The number of aromatic carboxylic acids is 1. The van der Waals surface area contributed by atoms with Gasteiger partial charge in [0.2, 0.25) is 0 Å². The van der Waals surface area contributed by atoms with Crippen LogP contribution >= 0.6 is 0 Å². The van der Waals surface area contributed by atoms with E-state index in [9.17, 15) is 4.79 Å². The Bertz CT molecular complexity index is 592. The van der Waals surface area contributed by atoms with Crippen LogP contribution in [0.15, 0.2) is 30.5 Å². The van der Waals surface area contributed by atoms with Crippen molar-refractivity contribution in [1.82, 2.24) is 15.0 Å². The van der Waals surface area contributed by atoms with Crippen LogP contribution in [-0.2, 0) is 6.54 Å². The standard InChI is InChI=1S/C14H18N4O2/c1-10(2)11-5-3-4-6-12(11)15-7-8-18-9-13(14(19)20)16-17-18/h3-6,9-10,15H,7-8H2,1-2H3,(H,19,20). The highest BCUT2D eigenvalue weighted by molar-refractivity contribution is 5.84. The van der Waals surface area contributed by atoms with E-state index >= 15 is 0 Å². The fraction of sp³-hybridized carbons (Fsp3) is 0.357. The van der Waals surface area contributed by atoms with Gasteiger partial charge in [-0.1, -0.05) is 37.3 Å². The number of carboxylic acid groups (broad SMARTS) is 1. The van der Waals surface area contributed by atoms with Crippen molar-refractivity contribution in [3.8, 4) is 0 Å². The number of benzene rings is 1. The summed E-state index contributed by atoms with van der Waals surface area (Å²) < 4.78 is 1.52. The molecule has 0 aliphatic heterocycles. The summed E-state index contributed by atoms with van der Waals surface area (Å²) in [5.74, 6) is -0.613. The normalized spacial score (nSPS) is 10.8. The van der Waals surface area contributed by atoms with Gasteiger partial charge in [-0.15, -0.1) is 5.10 Å². The molecule has 2 rings (SSSR count). The summed E-state index contributed by atoms with van der Waals surface area (Å²) in [4.78, 5) is 10.7. The topological polar surface area (TPSA) is 80.0 Å². The number of rotatable bonds is 6. The lowest BCUT2D eigenvalue weighted by atomic mass is 10.0. The Labute approximate surface area is 117 Å². The number of anilines is 1. The van der Waals surface area contributed by atoms with E-state index in [0.29, 0.717) is 19.0 Å². The summed E-state index contributed by atoms with van der Waals surface area (Å²) in [5, 5.41) is 19.5. The number of nitrogens with zero attached hydrogens (tertiary/aromatic N) is 3. The summed E-state index contributed by atoms with van der Waals surface area (Å²) in [6, 6.07) is 8.16. The Balaban J connectivity index is 1.94. The Morgan fingerprint density at radius 2 is 2.15 bits per heavy atom. The van der Waals surface area contributed by atoms with Crippen LogP contribution in [0.1, 0.15) is 35.8 Å². The van der Waals surface area contributed by atoms with Gasteiger partial charge in [0.25, 0.3) is 0 Å². The minimum absolute atomic E-state index is 0.0346. The first-order valence-corrected chi connectivity index (χ1v) is 6.54. The maximum atomic E-state index is 10.7. The molecular formula is C14H18N4O2. The molecule has 0 saturated carbocycles. The number of nitrogens with one attached hydrogen (secondary N) is 1. The van der Waals surface area contributed by atoms with E-state index < -0.39 is 5.97 Å². The van der Waals surface area contributed by atoms with Gasteiger partial charge >= 0.3 is 5.97 Å². The van der Waals surface area contributed by atoms with Crippen molar-refractivity contribution >= 4 is 11.7 Å². The van der Waals surface area contributed by atoms with Crippen LogP contribution in [0.3, 0.4) is 0 Å². The maximum absolute atomic E-state index is 10.7. The predicted octanol–water partition coefficient (Wildman–Crippen LogP) is 2.21. The molecule has 1 heterocycles. The lowest BCUT2D eigenvalue weighted by Crippen LogP contribution is -2.12.